The summed E-state index contributed by atoms with van der Waals surface area (Å²) >= 11 is 0. The zero-order valence-electron chi connectivity index (χ0n) is 15.0. The molecule has 2 N–H and O–H groups in total. The normalized spacial score (nSPS) is 13.6. The lowest BCUT2D eigenvalue weighted by molar-refractivity contribution is -0.111. The van der Waals surface area contributed by atoms with Gasteiger partial charge in [-0.3, -0.25) is 9.59 Å². The zero-order valence-corrected chi connectivity index (χ0v) is 15.0. The van der Waals surface area contributed by atoms with E-state index in [4.69, 9.17) is 4.42 Å². The summed E-state index contributed by atoms with van der Waals surface area (Å²) in [6.45, 7) is 0. The van der Waals surface area contributed by atoms with Crippen molar-refractivity contribution in [2.45, 2.75) is 18.9 Å². The van der Waals surface area contributed by atoms with E-state index >= 15 is 0 Å². The summed E-state index contributed by atoms with van der Waals surface area (Å²) in [7, 11) is 0. The lowest BCUT2D eigenvalue weighted by atomic mass is 10.1. The highest BCUT2D eigenvalue weighted by Crippen LogP contribution is 2.20. The van der Waals surface area contributed by atoms with Crippen molar-refractivity contribution >= 4 is 34.5 Å². The molecular weight excluding hydrogens is 356 g/mol. The molecule has 0 saturated heterocycles. The standard InChI is InChI=1S/C22H18N2O4/c25-20(23-18-9-10-19-16(13-18)6-12-21(26)28-19)11-3-14-1-4-15(5-2-14)22(27)24-17-7-8-17/h1-6,9-13,17H,7-8H2,(H,23,25)(H,24,27)/b11-3+. The molecule has 1 heterocycles. The molecule has 1 aromatic heterocycles. The van der Waals surface area contributed by atoms with Gasteiger partial charge in [-0.2, -0.15) is 0 Å². The first-order valence-corrected chi connectivity index (χ1v) is 9.01. The van der Waals surface area contributed by atoms with Crippen LogP contribution in [-0.4, -0.2) is 17.9 Å². The van der Waals surface area contributed by atoms with Gasteiger partial charge in [0, 0.05) is 34.8 Å². The second-order valence-corrected chi connectivity index (χ2v) is 6.70. The van der Waals surface area contributed by atoms with Crippen LogP contribution in [0.15, 0.2) is 69.9 Å². The number of hydrogen-bond donors (Lipinski definition) is 2. The van der Waals surface area contributed by atoms with Crippen molar-refractivity contribution in [1.29, 1.82) is 0 Å². The zero-order chi connectivity index (χ0) is 19.5. The lowest BCUT2D eigenvalue weighted by Gasteiger charge is -2.04. The SMILES string of the molecule is O=C(/C=C/c1ccc(C(=O)NC2CC2)cc1)Nc1ccc2oc(=O)ccc2c1. The minimum absolute atomic E-state index is 0.0667. The largest absolute Gasteiger partial charge is 0.423 e. The molecule has 0 bridgehead atoms. The van der Waals surface area contributed by atoms with Gasteiger partial charge in [-0.25, -0.2) is 4.79 Å². The minimum Gasteiger partial charge on any atom is -0.423 e. The number of nitrogens with one attached hydrogen (secondary N) is 2. The fourth-order valence-electron chi connectivity index (χ4n) is 2.75. The molecular formula is C22H18N2O4. The van der Waals surface area contributed by atoms with E-state index in [1.54, 1.807) is 54.6 Å². The van der Waals surface area contributed by atoms with Gasteiger partial charge in [0.05, 0.1) is 0 Å². The predicted octanol–water partition coefficient (Wildman–Crippen LogP) is 3.34. The summed E-state index contributed by atoms with van der Waals surface area (Å²) in [6.07, 6.45) is 5.20. The number of carbonyl (C=O) groups excluding carboxylic acids is 2. The molecule has 28 heavy (non-hydrogen) atoms. The molecule has 0 aliphatic heterocycles. The molecule has 6 nitrogen and oxygen atoms in total. The van der Waals surface area contributed by atoms with Gasteiger partial charge in [0.25, 0.3) is 5.91 Å². The van der Waals surface area contributed by atoms with Gasteiger partial charge in [0.15, 0.2) is 0 Å². The summed E-state index contributed by atoms with van der Waals surface area (Å²) in [5.41, 5.74) is 2.08. The Morgan fingerprint density at radius 2 is 1.79 bits per heavy atom. The van der Waals surface area contributed by atoms with Crippen LogP contribution in [0.1, 0.15) is 28.8 Å². The third-order valence-electron chi connectivity index (χ3n) is 4.40. The number of benzene rings is 2. The van der Waals surface area contributed by atoms with Crippen molar-refractivity contribution in [3.8, 4) is 0 Å². The Morgan fingerprint density at radius 3 is 2.54 bits per heavy atom. The fraction of sp³-hybridized carbons (Fsp3) is 0.136. The van der Waals surface area contributed by atoms with Gasteiger partial charge in [-0.05, 0) is 60.9 Å². The van der Waals surface area contributed by atoms with E-state index < -0.39 is 5.63 Å². The Labute approximate surface area is 160 Å². The molecule has 4 rings (SSSR count). The van der Waals surface area contributed by atoms with Crippen LogP contribution in [0.4, 0.5) is 5.69 Å². The first-order valence-electron chi connectivity index (χ1n) is 9.01. The van der Waals surface area contributed by atoms with Crippen molar-refractivity contribution in [2.75, 3.05) is 5.32 Å². The van der Waals surface area contributed by atoms with E-state index in [1.807, 2.05) is 0 Å². The summed E-state index contributed by atoms with van der Waals surface area (Å²) < 4.78 is 5.07. The fourth-order valence-corrected chi connectivity index (χ4v) is 2.75. The van der Waals surface area contributed by atoms with Crippen molar-refractivity contribution in [3.63, 3.8) is 0 Å². The van der Waals surface area contributed by atoms with E-state index in [0.29, 0.717) is 22.9 Å². The Kier molecular flexibility index (Phi) is 4.76. The second-order valence-electron chi connectivity index (χ2n) is 6.70. The van der Waals surface area contributed by atoms with Crippen molar-refractivity contribution in [3.05, 3.63) is 82.2 Å². The molecule has 1 saturated carbocycles. The van der Waals surface area contributed by atoms with Crippen LogP contribution < -0.4 is 16.3 Å². The molecule has 0 spiro atoms. The van der Waals surface area contributed by atoms with Gasteiger partial charge in [-0.1, -0.05) is 12.1 Å². The van der Waals surface area contributed by atoms with Crippen LogP contribution in [0.2, 0.25) is 0 Å². The monoisotopic (exact) mass is 374 g/mol. The predicted molar refractivity (Wildman–Crippen MR) is 107 cm³/mol. The molecule has 0 atom stereocenters. The van der Waals surface area contributed by atoms with Gasteiger partial charge in [0.1, 0.15) is 5.58 Å². The molecule has 140 valence electrons. The van der Waals surface area contributed by atoms with E-state index in [-0.39, 0.29) is 11.8 Å². The number of rotatable bonds is 5. The molecule has 1 fully saturated rings. The quantitative estimate of drug-likeness (QED) is 0.530. The second kappa shape index (κ2) is 7.52. The summed E-state index contributed by atoms with van der Waals surface area (Å²) in [4.78, 5) is 35.3. The van der Waals surface area contributed by atoms with Crippen LogP contribution in [0.25, 0.3) is 17.0 Å². The lowest BCUT2D eigenvalue weighted by Crippen LogP contribution is -2.25. The van der Waals surface area contributed by atoms with Gasteiger partial charge in [0.2, 0.25) is 5.91 Å². The van der Waals surface area contributed by atoms with Crippen LogP contribution in [0, 0.1) is 0 Å². The average Bonchev–Trinajstić information content (AvgIpc) is 3.51. The Bertz CT molecular complexity index is 1130. The molecule has 0 radical (unpaired) electrons. The number of amides is 2. The van der Waals surface area contributed by atoms with Crippen LogP contribution in [0.3, 0.4) is 0 Å². The van der Waals surface area contributed by atoms with Crippen molar-refractivity contribution in [2.24, 2.45) is 0 Å². The smallest absolute Gasteiger partial charge is 0.336 e. The van der Waals surface area contributed by atoms with Crippen LogP contribution >= 0.6 is 0 Å². The van der Waals surface area contributed by atoms with Crippen molar-refractivity contribution < 1.29 is 14.0 Å². The molecule has 6 heteroatoms. The summed E-state index contributed by atoms with van der Waals surface area (Å²) in [6, 6.07) is 15.4. The average molecular weight is 374 g/mol. The Morgan fingerprint density at radius 1 is 1.00 bits per heavy atom. The molecule has 2 aromatic carbocycles. The molecule has 2 amide bonds. The first-order chi connectivity index (χ1) is 13.6. The maximum atomic E-state index is 12.1. The van der Waals surface area contributed by atoms with Gasteiger partial charge in [-0.15, -0.1) is 0 Å². The minimum atomic E-state index is -0.414. The van der Waals surface area contributed by atoms with E-state index in [0.717, 1.165) is 23.8 Å². The molecule has 3 aromatic rings. The van der Waals surface area contributed by atoms with Crippen molar-refractivity contribution in [1.82, 2.24) is 5.32 Å². The highest BCUT2D eigenvalue weighted by Gasteiger charge is 2.23. The maximum Gasteiger partial charge on any atom is 0.336 e. The topological polar surface area (TPSA) is 88.4 Å². The van der Waals surface area contributed by atoms with E-state index in [1.165, 1.54) is 12.1 Å². The number of carbonyl (C=O) groups is 2. The van der Waals surface area contributed by atoms with Gasteiger partial charge >= 0.3 is 5.63 Å². The number of anilines is 1. The highest BCUT2D eigenvalue weighted by molar-refractivity contribution is 6.03. The molecule has 1 aliphatic carbocycles. The number of fused-ring (bicyclic) bond motifs is 1. The van der Waals surface area contributed by atoms with Crippen LogP contribution in [0.5, 0.6) is 0 Å². The number of hydrogen-bond acceptors (Lipinski definition) is 4. The Hall–Kier alpha value is -3.67. The molecule has 1 aliphatic rings. The van der Waals surface area contributed by atoms with Crippen LogP contribution in [-0.2, 0) is 4.79 Å². The Balaban J connectivity index is 1.38. The first kappa shape index (κ1) is 17.7. The summed E-state index contributed by atoms with van der Waals surface area (Å²) in [5, 5.41) is 6.43. The van der Waals surface area contributed by atoms with E-state index in [2.05, 4.69) is 10.6 Å². The van der Waals surface area contributed by atoms with E-state index in [9.17, 15) is 14.4 Å². The summed E-state index contributed by atoms with van der Waals surface area (Å²) in [5.74, 6) is -0.352. The highest BCUT2D eigenvalue weighted by atomic mass is 16.4. The van der Waals surface area contributed by atoms with Gasteiger partial charge < -0.3 is 15.1 Å². The molecule has 0 unspecified atom stereocenters. The maximum absolute atomic E-state index is 12.1. The third kappa shape index (κ3) is 4.35. The third-order valence-corrected chi connectivity index (χ3v) is 4.40.